The highest BCUT2D eigenvalue weighted by molar-refractivity contribution is 7.99. The molecule has 1 N–H and O–H groups in total. The standard InChI is InChI=1S/C16H14F2N2O2S/c17-13-4-3-10(8-14(13)18)20-15(21)12-2-1-6-19-16(12)22-11-5-7-23-9-11/h1-4,6,8,11H,5,7,9H2,(H,20,21)/t11-/m0/s1. The number of aromatic nitrogens is 1. The van der Waals surface area contributed by atoms with Gasteiger partial charge in [-0.25, -0.2) is 13.8 Å². The van der Waals surface area contributed by atoms with Crippen LogP contribution in [0.4, 0.5) is 14.5 Å². The van der Waals surface area contributed by atoms with Crippen LogP contribution in [-0.4, -0.2) is 28.5 Å². The van der Waals surface area contributed by atoms with Crippen LogP contribution in [0.15, 0.2) is 36.5 Å². The minimum Gasteiger partial charge on any atom is -0.473 e. The second-order valence-electron chi connectivity index (χ2n) is 5.04. The molecule has 1 aromatic carbocycles. The zero-order chi connectivity index (χ0) is 16.2. The number of ether oxygens (including phenoxy) is 1. The average Bonchev–Trinajstić information content (AvgIpc) is 3.04. The molecule has 0 radical (unpaired) electrons. The highest BCUT2D eigenvalue weighted by Crippen LogP contribution is 2.25. The SMILES string of the molecule is O=C(Nc1ccc(F)c(F)c1)c1cccnc1O[C@H]1CCSC1. The number of nitrogens with one attached hydrogen (secondary N) is 1. The highest BCUT2D eigenvalue weighted by atomic mass is 32.2. The molecule has 120 valence electrons. The number of hydrogen-bond donors (Lipinski definition) is 1. The van der Waals surface area contributed by atoms with Gasteiger partial charge in [0.15, 0.2) is 11.6 Å². The van der Waals surface area contributed by atoms with E-state index in [0.717, 1.165) is 30.1 Å². The topological polar surface area (TPSA) is 51.2 Å². The molecule has 1 fully saturated rings. The normalized spacial score (nSPS) is 17.0. The third kappa shape index (κ3) is 3.79. The molecule has 1 aliphatic rings. The zero-order valence-electron chi connectivity index (χ0n) is 12.1. The van der Waals surface area contributed by atoms with E-state index in [4.69, 9.17) is 4.74 Å². The maximum absolute atomic E-state index is 13.2. The number of rotatable bonds is 4. The molecule has 2 heterocycles. The summed E-state index contributed by atoms with van der Waals surface area (Å²) in [6.45, 7) is 0. The predicted molar refractivity (Wildman–Crippen MR) is 84.9 cm³/mol. The second-order valence-corrected chi connectivity index (χ2v) is 6.19. The van der Waals surface area contributed by atoms with E-state index in [1.54, 1.807) is 30.1 Å². The lowest BCUT2D eigenvalue weighted by molar-refractivity contribution is 0.101. The maximum Gasteiger partial charge on any atom is 0.261 e. The number of anilines is 1. The van der Waals surface area contributed by atoms with Crippen LogP contribution >= 0.6 is 11.8 Å². The monoisotopic (exact) mass is 336 g/mol. The maximum atomic E-state index is 13.2. The van der Waals surface area contributed by atoms with Crippen LogP contribution in [0.3, 0.4) is 0 Å². The fourth-order valence-electron chi connectivity index (χ4n) is 2.19. The van der Waals surface area contributed by atoms with Gasteiger partial charge in [-0.15, -0.1) is 0 Å². The molecule has 1 aromatic heterocycles. The van der Waals surface area contributed by atoms with Gasteiger partial charge in [-0.1, -0.05) is 0 Å². The fourth-order valence-corrected chi connectivity index (χ4v) is 3.29. The van der Waals surface area contributed by atoms with Crippen LogP contribution in [0.5, 0.6) is 5.88 Å². The summed E-state index contributed by atoms with van der Waals surface area (Å²) in [6.07, 6.45) is 2.49. The van der Waals surface area contributed by atoms with Crippen molar-refractivity contribution in [2.45, 2.75) is 12.5 Å². The lowest BCUT2D eigenvalue weighted by Crippen LogP contribution is -2.20. The van der Waals surface area contributed by atoms with Crippen LogP contribution in [0.25, 0.3) is 0 Å². The van der Waals surface area contributed by atoms with Gasteiger partial charge in [-0.3, -0.25) is 4.79 Å². The van der Waals surface area contributed by atoms with E-state index < -0.39 is 17.5 Å². The molecule has 1 aliphatic heterocycles. The van der Waals surface area contributed by atoms with Crippen molar-refractivity contribution in [2.24, 2.45) is 0 Å². The van der Waals surface area contributed by atoms with Crippen molar-refractivity contribution in [3.63, 3.8) is 0 Å². The van der Waals surface area contributed by atoms with E-state index in [9.17, 15) is 13.6 Å². The van der Waals surface area contributed by atoms with Gasteiger partial charge in [0.1, 0.15) is 11.7 Å². The van der Waals surface area contributed by atoms with Crippen molar-refractivity contribution >= 4 is 23.4 Å². The molecule has 0 aliphatic carbocycles. The van der Waals surface area contributed by atoms with Gasteiger partial charge in [0, 0.05) is 23.7 Å². The van der Waals surface area contributed by atoms with E-state index >= 15 is 0 Å². The van der Waals surface area contributed by atoms with Crippen LogP contribution in [0.1, 0.15) is 16.8 Å². The van der Waals surface area contributed by atoms with Crippen LogP contribution in [-0.2, 0) is 0 Å². The largest absolute Gasteiger partial charge is 0.473 e. The quantitative estimate of drug-likeness (QED) is 0.928. The Labute approximate surface area is 136 Å². The van der Waals surface area contributed by atoms with Crippen molar-refractivity contribution in [2.75, 3.05) is 16.8 Å². The van der Waals surface area contributed by atoms with Gasteiger partial charge in [0.25, 0.3) is 5.91 Å². The summed E-state index contributed by atoms with van der Waals surface area (Å²) in [5, 5.41) is 2.52. The highest BCUT2D eigenvalue weighted by Gasteiger charge is 2.21. The summed E-state index contributed by atoms with van der Waals surface area (Å²) >= 11 is 1.79. The first-order chi connectivity index (χ1) is 11.1. The molecule has 3 rings (SSSR count). The van der Waals surface area contributed by atoms with E-state index in [-0.39, 0.29) is 23.2 Å². The Morgan fingerprint density at radius 2 is 2.17 bits per heavy atom. The van der Waals surface area contributed by atoms with Crippen molar-refractivity contribution in [3.8, 4) is 5.88 Å². The number of pyridine rings is 1. The molecule has 23 heavy (non-hydrogen) atoms. The Balaban J connectivity index is 1.77. The number of amides is 1. The molecule has 1 amide bonds. The van der Waals surface area contributed by atoms with Gasteiger partial charge in [0.2, 0.25) is 5.88 Å². The van der Waals surface area contributed by atoms with E-state index in [2.05, 4.69) is 10.3 Å². The number of carbonyl (C=O) groups excluding carboxylic acids is 1. The number of carbonyl (C=O) groups is 1. The molecular formula is C16H14F2N2O2S. The summed E-state index contributed by atoms with van der Waals surface area (Å²) in [5.41, 5.74) is 0.425. The number of halogens is 2. The van der Waals surface area contributed by atoms with Crippen LogP contribution in [0.2, 0.25) is 0 Å². The van der Waals surface area contributed by atoms with Crippen molar-refractivity contribution in [3.05, 3.63) is 53.7 Å². The fraction of sp³-hybridized carbons (Fsp3) is 0.250. The molecule has 7 heteroatoms. The minimum atomic E-state index is -1.02. The first-order valence-corrected chi connectivity index (χ1v) is 8.25. The third-order valence-corrected chi connectivity index (χ3v) is 4.49. The second kappa shape index (κ2) is 6.95. The zero-order valence-corrected chi connectivity index (χ0v) is 12.9. The van der Waals surface area contributed by atoms with Gasteiger partial charge in [0.05, 0.1) is 0 Å². The van der Waals surface area contributed by atoms with Gasteiger partial charge < -0.3 is 10.1 Å². The molecule has 2 aromatic rings. The number of hydrogen-bond acceptors (Lipinski definition) is 4. The number of benzene rings is 1. The Kier molecular flexibility index (Phi) is 4.76. The molecule has 1 atom stereocenters. The van der Waals surface area contributed by atoms with Crippen molar-refractivity contribution in [1.29, 1.82) is 0 Å². The van der Waals surface area contributed by atoms with Crippen molar-refractivity contribution in [1.82, 2.24) is 4.98 Å². The van der Waals surface area contributed by atoms with Crippen LogP contribution < -0.4 is 10.1 Å². The summed E-state index contributed by atoms with van der Waals surface area (Å²) in [6, 6.07) is 6.38. The third-order valence-electron chi connectivity index (χ3n) is 3.36. The van der Waals surface area contributed by atoms with Gasteiger partial charge in [-0.05, 0) is 36.4 Å². The minimum absolute atomic E-state index is 0.0321. The molecule has 0 bridgehead atoms. The molecule has 4 nitrogen and oxygen atoms in total. The van der Waals surface area contributed by atoms with Crippen molar-refractivity contribution < 1.29 is 18.3 Å². The summed E-state index contributed by atoms with van der Waals surface area (Å²) < 4.78 is 31.9. The van der Waals surface area contributed by atoms with Crippen LogP contribution in [0, 0.1) is 11.6 Å². The Morgan fingerprint density at radius 1 is 1.30 bits per heavy atom. The molecule has 0 saturated carbocycles. The first-order valence-electron chi connectivity index (χ1n) is 7.09. The molecular weight excluding hydrogens is 322 g/mol. The van der Waals surface area contributed by atoms with Gasteiger partial charge >= 0.3 is 0 Å². The number of nitrogens with zero attached hydrogens (tertiary/aromatic N) is 1. The summed E-state index contributed by atoms with van der Waals surface area (Å²) in [4.78, 5) is 16.5. The molecule has 0 unspecified atom stereocenters. The summed E-state index contributed by atoms with van der Waals surface area (Å²) in [5.74, 6) is -0.334. The summed E-state index contributed by atoms with van der Waals surface area (Å²) in [7, 11) is 0. The first kappa shape index (κ1) is 15.7. The smallest absolute Gasteiger partial charge is 0.261 e. The average molecular weight is 336 g/mol. The Hall–Kier alpha value is -2.15. The van der Waals surface area contributed by atoms with E-state index in [0.29, 0.717) is 0 Å². The predicted octanol–water partition coefficient (Wildman–Crippen LogP) is 3.50. The molecule has 1 saturated heterocycles. The lowest BCUT2D eigenvalue weighted by atomic mass is 10.2. The van der Waals surface area contributed by atoms with E-state index in [1.807, 2.05) is 0 Å². The van der Waals surface area contributed by atoms with E-state index in [1.165, 1.54) is 6.07 Å². The number of thioether (sulfide) groups is 1. The Morgan fingerprint density at radius 3 is 2.91 bits per heavy atom. The van der Waals surface area contributed by atoms with Gasteiger partial charge in [-0.2, -0.15) is 11.8 Å². The molecule has 0 spiro atoms. The Bertz CT molecular complexity index is 721. The lowest BCUT2D eigenvalue weighted by Gasteiger charge is -2.14.